The molecule has 2 aliphatic carbocycles. The lowest BCUT2D eigenvalue weighted by atomic mass is 9.98. The Bertz CT molecular complexity index is 1250. The lowest BCUT2D eigenvalue weighted by molar-refractivity contribution is -0.117. The first-order valence-corrected chi connectivity index (χ1v) is 10.7. The number of allylic oxidation sites excluding steroid dienone is 7. The van der Waals surface area contributed by atoms with Gasteiger partial charge in [0.15, 0.2) is 0 Å². The molecule has 31 heavy (non-hydrogen) atoms. The summed E-state index contributed by atoms with van der Waals surface area (Å²) < 4.78 is 0. The van der Waals surface area contributed by atoms with Gasteiger partial charge in [-0.2, -0.15) is 0 Å². The molecule has 0 unspecified atom stereocenters. The van der Waals surface area contributed by atoms with E-state index >= 15 is 0 Å². The van der Waals surface area contributed by atoms with Crippen LogP contribution in [0.15, 0.2) is 93.2 Å². The van der Waals surface area contributed by atoms with Gasteiger partial charge in [0.05, 0.1) is 5.70 Å². The minimum atomic E-state index is -0.119. The smallest absolute Gasteiger partial charge is 0.268 e. The van der Waals surface area contributed by atoms with Crippen LogP contribution in [0.4, 0.5) is 0 Å². The second kappa shape index (κ2) is 8.49. The highest BCUT2D eigenvalue weighted by Gasteiger charge is 2.19. The molecule has 0 spiro atoms. The Morgan fingerprint density at radius 3 is 2.77 bits per heavy atom. The molecule has 2 N–H and O–H groups in total. The van der Waals surface area contributed by atoms with Crippen LogP contribution in [0.1, 0.15) is 38.3 Å². The number of hydrogen-bond donors (Lipinski definition) is 2. The zero-order valence-electron chi connectivity index (χ0n) is 18.2. The highest BCUT2D eigenvalue weighted by molar-refractivity contribution is 6.31. The Balaban J connectivity index is 1.51. The Morgan fingerprint density at radius 1 is 1.16 bits per heavy atom. The van der Waals surface area contributed by atoms with Gasteiger partial charge in [0.25, 0.3) is 5.91 Å². The summed E-state index contributed by atoms with van der Waals surface area (Å²) in [6.45, 7) is 8.29. The normalized spacial score (nSPS) is 17.5. The molecule has 0 radical (unpaired) electrons. The molecule has 1 heterocycles. The van der Waals surface area contributed by atoms with Gasteiger partial charge in [-0.05, 0) is 103 Å². The topological polar surface area (TPSA) is 41.1 Å². The van der Waals surface area contributed by atoms with Crippen molar-refractivity contribution in [2.45, 2.75) is 34.1 Å². The van der Waals surface area contributed by atoms with Gasteiger partial charge in [0, 0.05) is 11.6 Å². The van der Waals surface area contributed by atoms with Crippen LogP contribution in [0.5, 0.6) is 0 Å². The molecule has 0 fully saturated rings. The monoisotopic (exact) mass is 428 g/mol. The number of carbonyl (C=O) groups is 1. The third kappa shape index (κ3) is 4.31. The van der Waals surface area contributed by atoms with Gasteiger partial charge >= 0.3 is 0 Å². The van der Waals surface area contributed by atoms with Crippen LogP contribution in [0, 0.1) is 6.92 Å². The van der Waals surface area contributed by atoms with E-state index in [1.54, 1.807) is 0 Å². The Labute approximate surface area is 188 Å². The third-order valence-electron chi connectivity index (χ3n) is 5.87. The van der Waals surface area contributed by atoms with Crippen LogP contribution in [-0.2, 0) is 4.79 Å². The summed E-state index contributed by atoms with van der Waals surface area (Å²) in [5.74, 6) is -0.119. The van der Waals surface area contributed by atoms with Crippen molar-refractivity contribution in [2.24, 2.45) is 0 Å². The standard InChI is InChI=1S/C27H25ClN2O/c1-16-11-17(2)30-26(18(16)3)27(31)29-15-20-7-5-8-21-13-23(14-22(21)12-20)24-9-6-10-25(28)19(24)4/h6-10,12,14,30H,13,15H2,1-4H3,(H,29,31). The number of amides is 1. The minimum absolute atomic E-state index is 0.119. The first-order valence-electron chi connectivity index (χ1n) is 10.4. The molecule has 1 aliphatic heterocycles. The molecule has 1 amide bonds. The van der Waals surface area contributed by atoms with Gasteiger partial charge < -0.3 is 10.6 Å². The van der Waals surface area contributed by atoms with Crippen LogP contribution in [0.2, 0.25) is 5.02 Å². The summed E-state index contributed by atoms with van der Waals surface area (Å²) in [5.41, 5.74) is 16.7. The van der Waals surface area contributed by atoms with E-state index in [2.05, 4.69) is 47.2 Å². The Hall–Kier alpha value is -3.22. The van der Waals surface area contributed by atoms with E-state index in [0.29, 0.717) is 12.2 Å². The molecule has 1 aromatic rings. The minimum Gasteiger partial charge on any atom is -0.348 e. The van der Waals surface area contributed by atoms with Gasteiger partial charge in [0.2, 0.25) is 0 Å². The van der Waals surface area contributed by atoms with Gasteiger partial charge in [-0.15, -0.1) is 5.73 Å². The van der Waals surface area contributed by atoms with Gasteiger partial charge in [0.1, 0.15) is 5.70 Å². The average Bonchev–Trinajstić information content (AvgIpc) is 3.02. The molecule has 0 saturated carbocycles. The molecule has 4 rings (SSSR count). The third-order valence-corrected chi connectivity index (χ3v) is 6.28. The zero-order chi connectivity index (χ0) is 22.1. The van der Waals surface area contributed by atoms with Crippen molar-refractivity contribution in [3.8, 4) is 0 Å². The van der Waals surface area contributed by atoms with Crippen LogP contribution in [0.3, 0.4) is 0 Å². The predicted molar refractivity (Wildman–Crippen MR) is 127 cm³/mol. The first kappa shape index (κ1) is 21.0. The van der Waals surface area contributed by atoms with Crippen molar-refractivity contribution in [2.75, 3.05) is 6.54 Å². The summed E-state index contributed by atoms with van der Waals surface area (Å²) in [4.78, 5) is 12.8. The quantitative estimate of drug-likeness (QED) is 0.592. The largest absolute Gasteiger partial charge is 0.348 e. The Kier molecular flexibility index (Phi) is 5.76. The van der Waals surface area contributed by atoms with E-state index in [1.165, 1.54) is 16.7 Å². The lowest BCUT2D eigenvalue weighted by Gasteiger charge is -2.18. The summed E-state index contributed by atoms with van der Waals surface area (Å²) in [6, 6.07) is 6.03. The molecular weight excluding hydrogens is 404 g/mol. The fraction of sp³-hybridized carbons (Fsp3) is 0.222. The van der Waals surface area contributed by atoms with E-state index in [9.17, 15) is 4.79 Å². The molecule has 4 heteroatoms. The maximum absolute atomic E-state index is 12.8. The predicted octanol–water partition coefficient (Wildman–Crippen LogP) is 5.83. The van der Waals surface area contributed by atoms with Crippen LogP contribution < -0.4 is 10.6 Å². The fourth-order valence-electron chi connectivity index (χ4n) is 4.00. The van der Waals surface area contributed by atoms with Crippen molar-refractivity contribution in [1.82, 2.24) is 10.6 Å². The van der Waals surface area contributed by atoms with Crippen LogP contribution in [-0.4, -0.2) is 12.5 Å². The second-order valence-electron chi connectivity index (χ2n) is 8.10. The van der Waals surface area contributed by atoms with Crippen molar-refractivity contribution < 1.29 is 4.79 Å². The number of rotatable bonds is 4. The van der Waals surface area contributed by atoms with Gasteiger partial charge in [-0.1, -0.05) is 35.5 Å². The molecule has 3 nitrogen and oxygen atoms in total. The number of carbonyl (C=O) groups excluding carboxylic acids is 1. The van der Waals surface area contributed by atoms with Gasteiger partial charge in [-0.3, -0.25) is 4.79 Å². The molecule has 0 bridgehead atoms. The number of nitrogens with one attached hydrogen (secondary N) is 2. The first-order chi connectivity index (χ1) is 14.8. The van der Waals surface area contributed by atoms with E-state index < -0.39 is 0 Å². The molecule has 1 aromatic carbocycles. The van der Waals surface area contributed by atoms with Crippen molar-refractivity contribution in [1.29, 1.82) is 0 Å². The van der Waals surface area contributed by atoms with Crippen LogP contribution in [0.25, 0.3) is 5.57 Å². The summed E-state index contributed by atoms with van der Waals surface area (Å²) in [7, 11) is 0. The molecular formula is C27H25ClN2O. The van der Waals surface area contributed by atoms with Gasteiger partial charge in [-0.25, -0.2) is 0 Å². The SMILES string of the molecule is CC1=C=C(C)C(C)=C(C(=O)NCC2=CC3=C(C=C=C2)CC(c2cccc(Cl)c2C)=C3)N1. The van der Waals surface area contributed by atoms with E-state index in [0.717, 1.165) is 45.0 Å². The van der Waals surface area contributed by atoms with Crippen molar-refractivity contribution in [3.05, 3.63) is 109 Å². The number of halogens is 1. The zero-order valence-corrected chi connectivity index (χ0v) is 19.0. The van der Waals surface area contributed by atoms with E-state index in [4.69, 9.17) is 11.6 Å². The number of benzene rings is 1. The van der Waals surface area contributed by atoms with Crippen molar-refractivity contribution >= 4 is 23.1 Å². The molecule has 0 aromatic heterocycles. The lowest BCUT2D eigenvalue weighted by Crippen LogP contribution is -2.34. The molecule has 156 valence electrons. The average molecular weight is 429 g/mol. The second-order valence-corrected chi connectivity index (χ2v) is 8.50. The molecule has 0 saturated heterocycles. The van der Waals surface area contributed by atoms with E-state index in [-0.39, 0.29) is 5.91 Å². The highest BCUT2D eigenvalue weighted by atomic mass is 35.5. The summed E-state index contributed by atoms with van der Waals surface area (Å²) in [6.07, 6.45) is 9.15. The molecule has 0 atom stereocenters. The summed E-state index contributed by atoms with van der Waals surface area (Å²) >= 11 is 6.32. The van der Waals surface area contributed by atoms with E-state index in [1.807, 2.05) is 45.1 Å². The fourth-order valence-corrected chi connectivity index (χ4v) is 4.18. The highest BCUT2D eigenvalue weighted by Crippen LogP contribution is 2.37. The maximum Gasteiger partial charge on any atom is 0.268 e. The van der Waals surface area contributed by atoms with Crippen molar-refractivity contribution in [3.63, 3.8) is 0 Å². The number of hydrogen-bond acceptors (Lipinski definition) is 2. The van der Waals surface area contributed by atoms with Crippen LogP contribution >= 0.6 is 11.6 Å². The molecule has 3 aliphatic rings. The maximum atomic E-state index is 12.8. The summed E-state index contributed by atoms with van der Waals surface area (Å²) in [5, 5.41) is 6.95. The Morgan fingerprint density at radius 2 is 1.97 bits per heavy atom.